The molecule has 1 amide bonds. The Kier molecular flexibility index (Phi) is 4.43. The quantitative estimate of drug-likeness (QED) is 0.819. The fourth-order valence-electron chi connectivity index (χ4n) is 3.40. The minimum Gasteiger partial charge on any atom is -0.442 e. The molecule has 4 heterocycles. The van der Waals surface area contributed by atoms with E-state index in [0.717, 1.165) is 36.1 Å². The summed E-state index contributed by atoms with van der Waals surface area (Å²) in [5, 5.41) is 0. The van der Waals surface area contributed by atoms with Crippen LogP contribution in [-0.4, -0.2) is 52.7 Å². The predicted octanol–water partition coefficient (Wildman–Crippen LogP) is 3.04. The summed E-state index contributed by atoms with van der Waals surface area (Å²) in [5.41, 5.74) is 0.997. The third kappa shape index (κ3) is 3.27. The van der Waals surface area contributed by atoms with Crippen LogP contribution in [0.1, 0.15) is 10.6 Å². The van der Waals surface area contributed by atoms with Crippen molar-refractivity contribution in [2.45, 2.75) is 25.1 Å². The molecule has 2 saturated heterocycles. The lowest BCUT2D eigenvalue weighted by Crippen LogP contribution is -2.39. The standard InChI is InChI=1S/C17H18ClN3O2S/c18-16-5-4-13(24-16)9-20-10-14-15(11-20)23-17(22)21(14)8-6-12-3-1-2-7-19-12/h1-5,7,14-15H,6,8-11H2/t14-,15+/m0/s1. The van der Waals surface area contributed by atoms with Crippen LogP contribution in [0.25, 0.3) is 0 Å². The van der Waals surface area contributed by atoms with Gasteiger partial charge >= 0.3 is 6.09 Å². The number of nitrogens with zero attached hydrogens (tertiary/aromatic N) is 3. The Labute approximate surface area is 149 Å². The highest BCUT2D eigenvalue weighted by molar-refractivity contribution is 7.16. The van der Waals surface area contributed by atoms with E-state index in [1.54, 1.807) is 17.5 Å². The second kappa shape index (κ2) is 6.70. The lowest BCUT2D eigenvalue weighted by Gasteiger charge is -2.22. The van der Waals surface area contributed by atoms with Gasteiger partial charge in [-0.3, -0.25) is 14.8 Å². The van der Waals surface area contributed by atoms with Gasteiger partial charge in [-0.2, -0.15) is 0 Å². The zero-order valence-corrected chi connectivity index (χ0v) is 14.7. The molecule has 0 radical (unpaired) electrons. The number of carbonyl (C=O) groups excluding carboxylic acids is 1. The Morgan fingerprint density at radius 2 is 2.21 bits per heavy atom. The third-order valence-electron chi connectivity index (χ3n) is 4.54. The zero-order valence-electron chi connectivity index (χ0n) is 13.1. The number of rotatable bonds is 5. The van der Waals surface area contributed by atoms with E-state index in [4.69, 9.17) is 16.3 Å². The summed E-state index contributed by atoms with van der Waals surface area (Å²) in [6, 6.07) is 9.98. The molecule has 2 aromatic heterocycles. The molecule has 0 unspecified atom stereocenters. The first kappa shape index (κ1) is 15.9. The summed E-state index contributed by atoms with van der Waals surface area (Å²) < 4.78 is 6.37. The monoisotopic (exact) mass is 363 g/mol. The molecular weight excluding hydrogens is 346 g/mol. The second-order valence-electron chi connectivity index (χ2n) is 6.15. The molecule has 0 aromatic carbocycles. The van der Waals surface area contributed by atoms with E-state index in [0.29, 0.717) is 6.54 Å². The van der Waals surface area contributed by atoms with Crippen LogP contribution in [-0.2, 0) is 17.7 Å². The van der Waals surface area contributed by atoms with Crippen LogP contribution < -0.4 is 0 Å². The average molecular weight is 364 g/mol. The number of pyridine rings is 1. The fraction of sp³-hybridized carbons (Fsp3) is 0.412. The summed E-state index contributed by atoms with van der Waals surface area (Å²) in [4.78, 5) is 21.9. The summed E-state index contributed by atoms with van der Waals surface area (Å²) in [6.45, 7) is 3.13. The number of carbonyl (C=O) groups is 1. The number of hydrogen-bond donors (Lipinski definition) is 0. The Hall–Kier alpha value is -1.63. The summed E-state index contributed by atoms with van der Waals surface area (Å²) in [7, 11) is 0. The van der Waals surface area contributed by atoms with Crippen LogP contribution in [0.5, 0.6) is 0 Å². The molecule has 0 bridgehead atoms. The van der Waals surface area contributed by atoms with Crippen molar-refractivity contribution in [3.05, 3.63) is 51.4 Å². The van der Waals surface area contributed by atoms with Crippen LogP contribution in [0.3, 0.4) is 0 Å². The minimum atomic E-state index is -0.195. The van der Waals surface area contributed by atoms with Crippen molar-refractivity contribution in [3.8, 4) is 0 Å². The number of aromatic nitrogens is 1. The zero-order chi connectivity index (χ0) is 16.5. The fourth-order valence-corrected chi connectivity index (χ4v) is 4.53. The largest absolute Gasteiger partial charge is 0.442 e. The van der Waals surface area contributed by atoms with Crippen molar-refractivity contribution in [1.29, 1.82) is 0 Å². The number of likely N-dealkylation sites (tertiary alicyclic amines) is 1. The minimum absolute atomic E-state index is 0.0309. The van der Waals surface area contributed by atoms with Gasteiger partial charge in [0.05, 0.1) is 10.4 Å². The first-order chi connectivity index (χ1) is 11.7. The molecule has 0 aliphatic carbocycles. The van der Waals surface area contributed by atoms with Gasteiger partial charge in [-0.25, -0.2) is 4.79 Å². The molecule has 0 spiro atoms. The second-order valence-corrected chi connectivity index (χ2v) is 7.95. The molecule has 0 N–H and O–H groups in total. The van der Waals surface area contributed by atoms with Gasteiger partial charge < -0.3 is 4.74 Å². The molecular formula is C17H18ClN3O2S. The highest BCUT2D eigenvalue weighted by Gasteiger charge is 2.47. The molecule has 24 heavy (non-hydrogen) atoms. The van der Waals surface area contributed by atoms with Gasteiger partial charge in [0.2, 0.25) is 0 Å². The Balaban J connectivity index is 1.37. The van der Waals surface area contributed by atoms with E-state index in [-0.39, 0.29) is 18.2 Å². The SMILES string of the molecule is O=C1O[C@@H]2CN(Cc3ccc(Cl)s3)C[C@@H]2N1CCc1ccccn1. The lowest BCUT2D eigenvalue weighted by molar-refractivity contribution is 0.120. The van der Waals surface area contributed by atoms with Gasteiger partial charge in [-0.1, -0.05) is 17.7 Å². The van der Waals surface area contributed by atoms with Gasteiger partial charge in [0.1, 0.15) is 6.10 Å². The molecule has 4 rings (SSSR count). The first-order valence-corrected chi connectivity index (χ1v) is 9.22. The molecule has 2 aliphatic heterocycles. The average Bonchev–Trinajstić information content (AvgIpc) is 3.22. The van der Waals surface area contributed by atoms with Crippen molar-refractivity contribution in [2.24, 2.45) is 0 Å². The summed E-state index contributed by atoms with van der Waals surface area (Å²) in [6.07, 6.45) is 2.31. The molecule has 2 fully saturated rings. The summed E-state index contributed by atoms with van der Waals surface area (Å²) >= 11 is 7.61. The number of ether oxygens (including phenoxy) is 1. The van der Waals surface area contributed by atoms with Crippen LogP contribution in [0.2, 0.25) is 4.34 Å². The van der Waals surface area contributed by atoms with E-state index >= 15 is 0 Å². The Bertz CT molecular complexity index is 724. The van der Waals surface area contributed by atoms with Crippen LogP contribution in [0.4, 0.5) is 4.79 Å². The normalized spacial score (nSPS) is 23.5. The Morgan fingerprint density at radius 1 is 1.29 bits per heavy atom. The number of fused-ring (bicyclic) bond motifs is 1. The van der Waals surface area contributed by atoms with Gasteiger partial charge in [-0.05, 0) is 24.3 Å². The van der Waals surface area contributed by atoms with E-state index in [9.17, 15) is 4.79 Å². The van der Waals surface area contributed by atoms with Crippen molar-refractivity contribution in [1.82, 2.24) is 14.8 Å². The first-order valence-electron chi connectivity index (χ1n) is 8.03. The van der Waals surface area contributed by atoms with Crippen molar-refractivity contribution >= 4 is 29.0 Å². The third-order valence-corrected chi connectivity index (χ3v) is 5.76. The van der Waals surface area contributed by atoms with E-state index in [2.05, 4.69) is 16.0 Å². The number of thiophene rings is 1. The molecule has 2 aromatic rings. The number of amides is 1. The smallest absolute Gasteiger partial charge is 0.410 e. The number of hydrogen-bond acceptors (Lipinski definition) is 5. The molecule has 7 heteroatoms. The van der Waals surface area contributed by atoms with Crippen LogP contribution >= 0.6 is 22.9 Å². The van der Waals surface area contributed by atoms with Crippen molar-refractivity contribution in [2.75, 3.05) is 19.6 Å². The van der Waals surface area contributed by atoms with E-state index in [1.807, 2.05) is 29.2 Å². The predicted molar refractivity (Wildman–Crippen MR) is 93.3 cm³/mol. The van der Waals surface area contributed by atoms with Gasteiger partial charge in [-0.15, -0.1) is 11.3 Å². The lowest BCUT2D eigenvalue weighted by atomic mass is 10.2. The van der Waals surface area contributed by atoms with Gasteiger partial charge in [0.25, 0.3) is 0 Å². The van der Waals surface area contributed by atoms with Crippen LogP contribution in [0.15, 0.2) is 36.5 Å². The highest BCUT2D eigenvalue weighted by atomic mass is 35.5. The Morgan fingerprint density at radius 3 is 2.96 bits per heavy atom. The van der Waals surface area contributed by atoms with Gasteiger partial charge in [0, 0.05) is 49.4 Å². The molecule has 0 saturated carbocycles. The van der Waals surface area contributed by atoms with Crippen molar-refractivity contribution < 1.29 is 9.53 Å². The molecule has 2 atom stereocenters. The highest BCUT2D eigenvalue weighted by Crippen LogP contribution is 2.30. The topological polar surface area (TPSA) is 45.7 Å². The molecule has 5 nitrogen and oxygen atoms in total. The van der Waals surface area contributed by atoms with Crippen LogP contribution in [0, 0.1) is 0 Å². The van der Waals surface area contributed by atoms with Crippen molar-refractivity contribution in [3.63, 3.8) is 0 Å². The molecule has 126 valence electrons. The van der Waals surface area contributed by atoms with E-state index in [1.165, 1.54) is 4.88 Å². The number of halogens is 1. The maximum Gasteiger partial charge on any atom is 0.410 e. The maximum absolute atomic E-state index is 12.1. The van der Waals surface area contributed by atoms with E-state index < -0.39 is 0 Å². The van der Waals surface area contributed by atoms with Gasteiger partial charge in [0.15, 0.2) is 0 Å². The summed E-state index contributed by atoms with van der Waals surface area (Å²) in [5.74, 6) is 0. The molecule has 2 aliphatic rings. The maximum atomic E-state index is 12.1.